The summed E-state index contributed by atoms with van der Waals surface area (Å²) in [5, 5.41) is 6.64. The summed E-state index contributed by atoms with van der Waals surface area (Å²) in [5.41, 5.74) is 1.31. The molecule has 2 unspecified atom stereocenters. The van der Waals surface area contributed by atoms with E-state index < -0.39 is 0 Å². The molecule has 1 fully saturated rings. The molecule has 0 radical (unpaired) electrons. The van der Waals surface area contributed by atoms with Gasteiger partial charge in [0.1, 0.15) is 0 Å². The quantitative estimate of drug-likeness (QED) is 0.502. The highest BCUT2D eigenvalue weighted by Crippen LogP contribution is 2.05. The molecule has 0 saturated carbocycles. The van der Waals surface area contributed by atoms with Crippen LogP contribution in [0.3, 0.4) is 0 Å². The molecular formula is C7H14N2. The summed E-state index contributed by atoms with van der Waals surface area (Å²) >= 11 is 0. The van der Waals surface area contributed by atoms with Crippen LogP contribution >= 0.6 is 0 Å². The van der Waals surface area contributed by atoms with E-state index in [4.69, 9.17) is 0 Å². The molecule has 0 aromatic rings. The number of allylic oxidation sites excluding steroid dienone is 1. The fourth-order valence-corrected chi connectivity index (χ4v) is 1.21. The Morgan fingerprint density at radius 1 is 1.44 bits per heavy atom. The molecule has 1 saturated heterocycles. The van der Waals surface area contributed by atoms with Crippen molar-refractivity contribution in [3.05, 3.63) is 11.8 Å². The van der Waals surface area contributed by atoms with Crippen molar-refractivity contribution in [1.82, 2.24) is 10.6 Å². The van der Waals surface area contributed by atoms with Crippen LogP contribution in [0.25, 0.3) is 0 Å². The monoisotopic (exact) mass is 126 g/mol. The summed E-state index contributed by atoms with van der Waals surface area (Å²) in [6.07, 6.45) is 2.55. The molecule has 2 atom stereocenters. The third-order valence-corrected chi connectivity index (χ3v) is 1.66. The van der Waals surface area contributed by atoms with Gasteiger partial charge in [-0.2, -0.15) is 0 Å². The molecule has 0 amide bonds. The topological polar surface area (TPSA) is 24.1 Å². The smallest absolute Gasteiger partial charge is 0.0742 e. The lowest BCUT2D eigenvalue weighted by Gasteiger charge is -2.00. The predicted molar refractivity (Wildman–Crippen MR) is 39.0 cm³/mol. The highest BCUT2D eigenvalue weighted by atomic mass is 15.2. The molecule has 1 heterocycles. The van der Waals surface area contributed by atoms with E-state index in [2.05, 4.69) is 37.5 Å². The Balaban J connectivity index is 2.58. The van der Waals surface area contributed by atoms with Gasteiger partial charge in [-0.15, -0.1) is 0 Å². The highest BCUT2D eigenvalue weighted by Gasteiger charge is 2.18. The summed E-state index contributed by atoms with van der Waals surface area (Å²) in [5.74, 6) is 0. The van der Waals surface area contributed by atoms with E-state index >= 15 is 0 Å². The Bertz CT molecular complexity index is 129. The third kappa shape index (κ3) is 1.24. The second-order valence-corrected chi connectivity index (χ2v) is 2.50. The molecular weight excluding hydrogens is 112 g/mol. The lowest BCUT2D eigenvalue weighted by Crippen LogP contribution is -2.28. The van der Waals surface area contributed by atoms with Crippen LogP contribution in [-0.4, -0.2) is 12.2 Å². The highest BCUT2D eigenvalue weighted by molar-refractivity contribution is 5.11. The van der Waals surface area contributed by atoms with Crippen molar-refractivity contribution in [3.63, 3.8) is 0 Å². The van der Waals surface area contributed by atoms with E-state index in [-0.39, 0.29) is 0 Å². The van der Waals surface area contributed by atoms with Crippen LogP contribution in [0, 0.1) is 0 Å². The fourth-order valence-electron chi connectivity index (χ4n) is 1.21. The maximum absolute atomic E-state index is 3.34. The maximum Gasteiger partial charge on any atom is 0.0742 e. The third-order valence-electron chi connectivity index (χ3n) is 1.66. The van der Waals surface area contributed by atoms with Gasteiger partial charge in [-0.25, -0.2) is 0 Å². The van der Waals surface area contributed by atoms with Crippen molar-refractivity contribution >= 4 is 0 Å². The Kier molecular flexibility index (Phi) is 1.76. The van der Waals surface area contributed by atoms with Gasteiger partial charge in [0.05, 0.1) is 6.17 Å². The lowest BCUT2D eigenvalue weighted by atomic mass is 10.2. The van der Waals surface area contributed by atoms with Crippen LogP contribution in [0.1, 0.15) is 20.8 Å². The van der Waals surface area contributed by atoms with Gasteiger partial charge >= 0.3 is 0 Å². The zero-order valence-electron chi connectivity index (χ0n) is 6.23. The molecule has 9 heavy (non-hydrogen) atoms. The Morgan fingerprint density at radius 2 is 2.11 bits per heavy atom. The zero-order valence-corrected chi connectivity index (χ0v) is 6.23. The largest absolute Gasteiger partial charge is 0.372 e. The number of rotatable bonds is 0. The van der Waals surface area contributed by atoms with Crippen LogP contribution in [-0.2, 0) is 0 Å². The van der Waals surface area contributed by atoms with Crippen LogP contribution < -0.4 is 10.6 Å². The average molecular weight is 126 g/mol. The standard InChI is InChI=1S/C7H14N2/c1-4-7-5(2)8-6(3)9-7/h4-6,8-9H,1-3H3. The van der Waals surface area contributed by atoms with E-state index in [1.807, 2.05) is 0 Å². The molecule has 0 aromatic heterocycles. The van der Waals surface area contributed by atoms with Crippen molar-refractivity contribution in [2.24, 2.45) is 0 Å². The first-order valence-electron chi connectivity index (χ1n) is 3.43. The van der Waals surface area contributed by atoms with Gasteiger partial charge in [-0.05, 0) is 20.8 Å². The van der Waals surface area contributed by atoms with Crippen LogP contribution in [0.2, 0.25) is 0 Å². The molecule has 2 N–H and O–H groups in total. The Hall–Kier alpha value is -0.500. The molecule has 2 nitrogen and oxygen atoms in total. The summed E-state index contributed by atoms with van der Waals surface area (Å²) in [4.78, 5) is 0. The molecule has 1 aliphatic rings. The first-order chi connectivity index (χ1) is 4.24. The fraction of sp³-hybridized carbons (Fsp3) is 0.714. The normalized spacial score (nSPS) is 39.2. The lowest BCUT2D eigenvalue weighted by molar-refractivity contribution is 0.576. The van der Waals surface area contributed by atoms with Crippen molar-refractivity contribution in [3.8, 4) is 0 Å². The van der Waals surface area contributed by atoms with Gasteiger partial charge in [0.15, 0.2) is 0 Å². The SMILES string of the molecule is CC=C1NC(C)NC1C. The molecule has 1 rings (SSSR count). The predicted octanol–water partition coefficient (Wildman–Crippen LogP) is 0.818. The summed E-state index contributed by atoms with van der Waals surface area (Å²) < 4.78 is 0. The van der Waals surface area contributed by atoms with Crippen LogP contribution in [0.5, 0.6) is 0 Å². The number of nitrogens with one attached hydrogen (secondary N) is 2. The van der Waals surface area contributed by atoms with Crippen LogP contribution in [0.4, 0.5) is 0 Å². The van der Waals surface area contributed by atoms with Gasteiger partial charge in [-0.1, -0.05) is 6.08 Å². The van der Waals surface area contributed by atoms with Crippen molar-refractivity contribution < 1.29 is 0 Å². The number of hydrogen-bond acceptors (Lipinski definition) is 2. The molecule has 0 aromatic carbocycles. The second-order valence-electron chi connectivity index (χ2n) is 2.50. The maximum atomic E-state index is 3.34. The Morgan fingerprint density at radius 3 is 2.33 bits per heavy atom. The van der Waals surface area contributed by atoms with Gasteiger partial charge in [0, 0.05) is 11.7 Å². The Labute approximate surface area is 56.3 Å². The van der Waals surface area contributed by atoms with E-state index in [1.54, 1.807) is 0 Å². The minimum absolute atomic E-state index is 0.436. The zero-order chi connectivity index (χ0) is 6.85. The van der Waals surface area contributed by atoms with Crippen LogP contribution in [0.15, 0.2) is 11.8 Å². The second kappa shape index (κ2) is 2.40. The molecule has 0 bridgehead atoms. The van der Waals surface area contributed by atoms with E-state index in [9.17, 15) is 0 Å². The van der Waals surface area contributed by atoms with Gasteiger partial charge in [0.25, 0.3) is 0 Å². The van der Waals surface area contributed by atoms with Gasteiger partial charge in [-0.3, -0.25) is 5.32 Å². The first-order valence-corrected chi connectivity index (χ1v) is 3.43. The van der Waals surface area contributed by atoms with Gasteiger partial charge in [0.2, 0.25) is 0 Å². The molecule has 2 heteroatoms. The first kappa shape index (κ1) is 6.62. The minimum Gasteiger partial charge on any atom is -0.372 e. The summed E-state index contributed by atoms with van der Waals surface area (Å²) in [6.45, 7) is 6.33. The summed E-state index contributed by atoms with van der Waals surface area (Å²) in [6, 6.07) is 0.505. The molecule has 0 aliphatic carbocycles. The molecule has 0 spiro atoms. The van der Waals surface area contributed by atoms with Crippen molar-refractivity contribution in [1.29, 1.82) is 0 Å². The minimum atomic E-state index is 0.436. The van der Waals surface area contributed by atoms with E-state index in [0.717, 1.165) is 0 Å². The van der Waals surface area contributed by atoms with Crippen molar-refractivity contribution in [2.45, 2.75) is 33.0 Å². The molecule has 52 valence electrons. The van der Waals surface area contributed by atoms with Crippen molar-refractivity contribution in [2.75, 3.05) is 0 Å². The summed E-state index contributed by atoms with van der Waals surface area (Å²) in [7, 11) is 0. The number of hydrogen-bond donors (Lipinski definition) is 2. The van der Waals surface area contributed by atoms with E-state index in [1.165, 1.54) is 5.70 Å². The average Bonchev–Trinajstić information content (AvgIpc) is 2.10. The van der Waals surface area contributed by atoms with E-state index in [0.29, 0.717) is 12.2 Å². The van der Waals surface area contributed by atoms with Gasteiger partial charge < -0.3 is 5.32 Å². The molecule has 1 aliphatic heterocycles.